The molecule has 2 aliphatic rings. The topological polar surface area (TPSA) is 26.7 Å². The molecule has 4 rings (SSSR count). The Labute approximate surface area is 171 Å². The summed E-state index contributed by atoms with van der Waals surface area (Å²) in [5.74, 6) is 0.620. The Morgan fingerprint density at radius 3 is 1.78 bits per heavy atom. The Hall–Kier alpha value is -1.10. The van der Waals surface area contributed by atoms with E-state index in [9.17, 15) is 5.11 Å². The Kier molecular flexibility index (Phi) is 5.77. The van der Waals surface area contributed by atoms with Gasteiger partial charge in [0.05, 0.1) is 5.60 Å². The molecule has 5 heteroatoms. The summed E-state index contributed by atoms with van der Waals surface area (Å²) in [5.41, 5.74) is 1.64. The molecule has 3 nitrogen and oxygen atoms in total. The fourth-order valence-electron chi connectivity index (χ4n) is 4.41. The van der Waals surface area contributed by atoms with Crippen molar-refractivity contribution < 1.29 is 5.11 Å². The molecule has 2 aromatic rings. The standard InChI is InChI=1S/C22H26Cl2N2O/c23-20-5-1-17(2-6-20)18-9-13-25(14-10-18)26-15-11-22(27,12-16-26)19-3-7-21(24)8-4-19/h1-8,18,27H,9-16H2. The minimum atomic E-state index is -0.733. The van der Waals surface area contributed by atoms with Crippen molar-refractivity contribution in [3.8, 4) is 0 Å². The van der Waals surface area contributed by atoms with E-state index in [0.29, 0.717) is 10.9 Å². The zero-order valence-corrected chi connectivity index (χ0v) is 17.0. The van der Waals surface area contributed by atoms with Gasteiger partial charge in [0, 0.05) is 36.2 Å². The van der Waals surface area contributed by atoms with Gasteiger partial charge in [0.1, 0.15) is 0 Å². The highest BCUT2D eigenvalue weighted by atomic mass is 35.5. The van der Waals surface area contributed by atoms with E-state index in [-0.39, 0.29) is 0 Å². The average molecular weight is 405 g/mol. The van der Waals surface area contributed by atoms with E-state index in [4.69, 9.17) is 23.2 Å². The zero-order chi connectivity index (χ0) is 18.9. The SMILES string of the molecule is OC1(c2ccc(Cl)cc2)CCN(N2CCC(c3ccc(Cl)cc3)CC2)CC1. The molecule has 0 aliphatic carbocycles. The monoisotopic (exact) mass is 404 g/mol. The number of hydrogen-bond acceptors (Lipinski definition) is 3. The van der Waals surface area contributed by atoms with E-state index < -0.39 is 5.60 Å². The van der Waals surface area contributed by atoms with Crippen LogP contribution in [0.2, 0.25) is 10.0 Å². The first-order valence-electron chi connectivity index (χ1n) is 9.77. The molecule has 0 amide bonds. The largest absolute Gasteiger partial charge is 0.385 e. The lowest BCUT2D eigenvalue weighted by Crippen LogP contribution is -2.52. The predicted octanol–water partition coefficient (Wildman–Crippen LogP) is 5.07. The smallest absolute Gasteiger partial charge is 0.0922 e. The molecule has 0 spiro atoms. The van der Waals surface area contributed by atoms with Gasteiger partial charge >= 0.3 is 0 Å². The number of hydrogen-bond donors (Lipinski definition) is 1. The summed E-state index contributed by atoms with van der Waals surface area (Å²) in [4.78, 5) is 0. The van der Waals surface area contributed by atoms with Crippen molar-refractivity contribution in [1.82, 2.24) is 10.0 Å². The van der Waals surface area contributed by atoms with Gasteiger partial charge in [-0.25, -0.2) is 10.0 Å². The fraction of sp³-hybridized carbons (Fsp3) is 0.455. The lowest BCUT2D eigenvalue weighted by Gasteiger charge is -2.45. The van der Waals surface area contributed by atoms with Gasteiger partial charge in [-0.15, -0.1) is 0 Å². The first-order valence-corrected chi connectivity index (χ1v) is 10.5. The van der Waals surface area contributed by atoms with Crippen LogP contribution in [-0.2, 0) is 5.60 Å². The molecule has 2 aliphatic heterocycles. The van der Waals surface area contributed by atoms with E-state index in [0.717, 1.165) is 49.6 Å². The molecule has 0 unspecified atom stereocenters. The molecule has 27 heavy (non-hydrogen) atoms. The minimum Gasteiger partial charge on any atom is -0.385 e. The van der Waals surface area contributed by atoms with Gasteiger partial charge in [-0.2, -0.15) is 0 Å². The molecule has 1 N–H and O–H groups in total. The van der Waals surface area contributed by atoms with Gasteiger partial charge in [0.25, 0.3) is 0 Å². The number of hydrazine groups is 1. The van der Waals surface area contributed by atoms with E-state index >= 15 is 0 Å². The number of aliphatic hydroxyl groups is 1. The van der Waals surface area contributed by atoms with E-state index in [1.165, 1.54) is 18.4 Å². The lowest BCUT2D eigenvalue weighted by atomic mass is 9.84. The Bertz CT molecular complexity index is 747. The van der Waals surface area contributed by atoms with Crippen molar-refractivity contribution in [2.24, 2.45) is 0 Å². The van der Waals surface area contributed by atoms with Crippen molar-refractivity contribution in [2.45, 2.75) is 37.2 Å². The summed E-state index contributed by atoms with van der Waals surface area (Å²) in [6, 6.07) is 15.9. The normalized spacial score (nSPS) is 22.0. The molecule has 0 bridgehead atoms. The number of benzene rings is 2. The zero-order valence-electron chi connectivity index (χ0n) is 15.5. The maximum Gasteiger partial charge on any atom is 0.0922 e. The van der Waals surface area contributed by atoms with Gasteiger partial charge in [0.2, 0.25) is 0 Å². The van der Waals surface area contributed by atoms with Crippen LogP contribution in [0.5, 0.6) is 0 Å². The highest BCUT2D eigenvalue weighted by Gasteiger charge is 2.36. The number of piperidine rings is 2. The Balaban J connectivity index is 1.31. The second-order valence-electron chi connectivity index (χ2n) is 7.77. The summed E-state index contributed by atoms with van der Waals surface area (Å²) in [7, 11) is 0. The molecule has 144 valence electrons. The maximum atomic E-state index is 11.1. The van der Waals surface area contributed by atoms with E-state index in [1.54, 1.807) is 0 Å². The van der Waals surface area contributed by atoms with Crippen molar-refractivity contribution in [2.75, 3.05) is 26.2 Å². The summed E-state index contributed by atoms with van der Waals surface area (Å²) >= 11 is 12.0. The fourth-order valence-corrected chi connectivity index (χ4v) is 4.67. The predicted molar refractivity (Wildman–Crippen MR) is 111 cm³/mol. The summed E-state index contributed by atoms with van der Waals surface area (Å²) < 4.78 is 0. The molecular weight excluding hydrogens is 379 g/mol. The van der Waals surface area contributed by atoms with E-state index in [2.05, 4.69) is 22.2 Å². The van der Waals surface area contributed by atoms with Gasteiger partial charge in [0.15, 0.2) is 0 Å². The molecule has 2 saturated heterocycles. The molecular formula is C22H26Cl2N2O. The van der Waals surface area contributed by atoms with Crippen LogP contribution in [0, 0.1) is 0 Å². The molecule has 2 fully saturated rings. The summed E-state index contributed by atoms with van der Waals surface area (Å²) in [6.07, 6.45) is 3.84. The third-order valence-corrected chi connectivity index (χ3v) is 6.67. The van der Waals surface area contributed by atoms with Crippen LogP contribution < -0.4 is 0 Å². The van der Waals surface area contributed by atoms with Crippen LogP contribution >= 0.6 is 23.2 Å². The first kappa shape index (κ1) is 19.2. The summed E-state index contributed by atoms with van der Waals surface area (Å²) in [6.45, 7) is 3.94. The highest BCUT2D eigenvalue weighted by Crippen LogP contribution is 2.35. The Morgan fingerprint density at radius 1 is 0.741 bits per heavy atom. The molecule has 0 atom stereocenters. The maximum absolute atomic E-state index is 11.1. The second-order valence-corrected chi connectivity index (χ2v) is 8.64. The average Bonchev–Trinajstić information content (AvgIpc) is 2.70. The molecule has 0 radical (unpaired) electrons. The third-order valence-electron chi connectivity index (χ3n) is 6.16. The van der Waals surface area contributed by atoms with Crippen molar-refractivity contribution in [3.63, 3.8) is 0 Å². The molecule has 0 aromatic heterocycles. The third kappa shape index (κ3) is 4.33. The minimum absolute atomic E-state index is 0.620. The van der Waals surface area contributed by atoms with Crippen LogP contribution in [0.3, 0.4) is 0 Å². The molecule has 2 aromatic carbocycles. The molecule has 2 heterocycles. The molecule has 0 saturated carbocycles. The number of halogens is 2. The van der Waals surface area contributed by atoms with Gasteiger partial charge in [-0.05, 0) is 67.0 Å². The van der Waals surface area contributed by atoms with Crippen LogP contribution in [0.15, 0.2) is 48.5 Å². The van der Waals surface area contributed by atoms with Crippen LogP contribution in [0.1, 0.15) is 42.7 Å². The highest BCUT2D eigenvalue weighted by molar-refractivity contribution is 6.30. The number of nitrogens with zero attached hydrogens (tertiary/aromatic N) is 2. The lowest BCUT2D eigenvalue weighted by molar-refractivity contribution is -0.111. The van der Waals surface area contributed by atoms with Crippen LogP contribution in [-0.4, -0.2) is 41.3 Å². The van der Waals surface area contributed by atoms with Gasteiger partial charge in [-0.1, -0.05) is 47.5 Å². The van der Waals surface area contributed by atoms with Crippen LogP contribution in [0.4, 0.5) is 0 Å². The summed E-state index contributed by atoms with van der Waals surface area (Å²) in [5, 5.41) is 17.5. The Morgan fingerprint density at radius 2 is 1.22 bits per heavy atom. The quantitative estimate of drug-likeness (QED) is 0.772. The van der Waals surface area contributed by atoms with Crippen molar-refractivity contribution >= 4 is 23.2 Å². The number of rotatable bonds is 3. The van der Waals surface area contributed by atoms with Crippen LogP contribution in [0.25, 0.3) is 0 Å². The van der Waals surface area contributed by atoms with E-state index in [1.807, 2.05) is 36.4 Å². The van der Waals surface area contributed by atoms with Gasteiger partial charge in [-0.3, -0.25) is 0 Å². The second kappa shape index (κ2) is 8.10. The van der Waals surface area contributed by atoms with Crippen molar-refractivity contribution in [3.05, 3.63) is 69.7 Å². The first-order chi connectivity index (χ1) is 13.0. The van der Waals surface area contributed by atoms with Gasteiger partial charge < -0.3 is 5.11 Å². The van der Waals surface area contributed by atoms with Crippen molar-refractivity contribution in [1.29, 1.82) is 0 Å².